The van der Waals surface area contributed by atoms with Gasteiger partial charge in [-0.1, -0.05) is 91.0 Å². The van der Waals surface area contributed by atoms with E-state index < -0.39 is 0 Å². The molecule has 0 heterocycles. The Morgan fingerprint density at radius 1 is 0.800 bits per heavy atom. The number of thioether (sulfide) groups is 1. The molecule has 0 spiro atoms. The van der Waals surface area contributed by atoms with Crippen molar-refractivity contribution in [1.29, 1.82) is 0 Å². The molecule has 25 heavy (non-hydrogen) atoms. The molecule has 2 heteroatoms. The second kappa shape index (κ2) is 9.05. The number of Topliss-reactive ketones (excluding diaryl/α,β-unsaturated/α-hetero) is 1. The summed E-state index contributed by atoms with van der Waals surface area (Å²) in [5.41, 5.74) is 1.92. The fraction of sp³-hybridized carbons (Fsp3) is 0.0870. The van der Waals surface area contributed by atoms with Crippen LogP contribution in [0.3, 0.4) is 0 Å². The summed E-state index contributed by atoms with van der Waals surface area (Å²) in [5.74, 6) is 0.173. The lowest BCUT2D eigenvalue weighted by Crippen LogP contribution is -2.08. The quantitative estimate of drug-likeness (QED) is 0.378. The second-order valence-corrected chi connectivity index (χ2v) is 7.05. The average Bonchev–Trinajstić information content (AvgIpc) is 2.68. The Kier molecular flexibility index (Phi) is 6.24. The number of rotatable bonds is 7. The monoisotopic (exact) mass is 344 g/mol. The molecule has 0 aliphatic carbocycles. The lowest BCUT2D eigenvalue weighted by atomic mass is 10.1. The van der Waals surface area contributed by atoms with Crippen molar-refractivity contribution in [3.8, 4) is 0 Å². The molecule has 0 saturated carbocycles. The molecular weight excluding hydrogens is 324 g/mol. The first kappa shape index (κ1) is 17.2. The largest absolute Gasteiger partial charge is 0.294 e. The van der Waals surface area contributed by atoms with Crippen molar-refractivity contribution in [2.24, 2.45) is 0 Å². The standard InChI is InChI=1S/C23H20OS/c24-23(20-12-6-2-7-13-20)18-22(25-21-14-8-3-9-15-21)17-16-19-10-4-1-5-11-19/h1-17,22H,18H2/b17-16+. The average molecular weight is 344 g/mol. The lowest BCUT2D eigenvalue weighted by Gasteiger charge is -2.12. The third kappa shape index (κ3) is 5.47. The molecule has 1 nitrogen and oxygen atoms in total. The molecule has 0 aromatic heterocycles. The van der Waals surface area contributed by atoms with Crippen LogP contribution >= 0.6 is 11.8 Å². The highest BCUT2D eigenvalue weighted by Crippen LogP contribution is 2.28. The number of carbonyl (C=O) groups is 1. The zero-order valence-electron chi connectivity index (χ0n) is 13.9. The van der Waals surface area contributed by atoms with Gasteiger partial charge in [0.1, 0.15) is 0 Å². The molecule has 0 N–H and O–H groups in total. The highest BCUT2D eigenvalue weighted by atomic mass is 32.2. The first-order valence-electron chi connectivity index (χ1n) is 8.34. The van der Waals surface area contributed by atoms with Crippen LogP contribution in [0.5, 0.6) is 0 Å². The van der Waals surface area contributed by atoms with E-state index >= 15 is 0 Å². The van der Waals surface area contributed by atoms with Crippen molar-refractivity contribution in [2.75, 3.05) is 0 Å². The van der Waals surface area contributed by atoms with Gasteiger partial charge < -0.3 is 0 Å². The molecule has 0 aliphatic heterocycles. The van der Waals surface area contributed by atoms with E-state index in [1.54, 1.807) is 11.8 Å². The summed E-state index contributed by atoms with van der Waals surface area (Å²) < 4.78 is 0. The summed E-state index contributed by atoms with van der Waals surface area (Å²) in [5, 5.41) is 0.0929. The third-order valence-electron chi connectivity index (χ3n) is 3.82. The van der Waals surface area contributed by atoms with Crippen LogP contribution in [0.15, 0.2) is 102 Å². The van der Waals surface area contributed by atoms with E-state index in [0.29, 0.717) is 6.42 Å². The number of carbonyl (C=O) groups excluding carboxylic acids is 1. The van der Waals surface area contributed by atoms with Crippen LogP contribution in [0.2, 0.25) is 0 Å². The fourth-order valence-electron chi connectivity index (χ4n) is 2.53. The van der Waals surface area contributed by atoms with Crippen molar-refractivity contribution in [1.82, 2.24) is 0 Å². The molecule has 0 aliphatic rings. The van der Waals surface area contributed by atoms with E-state index in [9.17, 15) is 4.79 Å². The fourth-order valence-corrected chi connectivity index (χ4v) is 3.59. The van der Waals surface area contributed by atoms with Crippen molar-refractivity contribution < 1.29 is 4.79 Å². The van der Waals surface area contributed by atoms with Gasteiger partial charge in [-0.05, 0) is 17.7 Å². The molecule has 0 saturated heterocycles. The topological polar surface area (TPSA) is 17.1 Å². The Morgan fingerprint density at radius 2 is 1.36 bits per heavy atom. The van der Waals surface area contributed by atoms with Gasteiger partial charge in [0.05, 0.1) is 0 Å². The van der Waals surface area contributed by atoms with E-state index in [-0.39, 0.29) is 11.0 Å². The van der Waals surface area contributed by atoms with E-state index in [0.717, 1.165) is 11.1 Å². The van der Waals surface area contributed by atoms with E-state index in [2.05, 4.69) is 36.4 Å². The van der Waals surface area contributed by atoms with Gasteiger partial charge in [-0.15, -0.1) is 11.8 Å². The summed E-state index contributed by atoms with van der Waals surface area (Å²) in [7, 11) is 0. The van der Waals surface area contributed by atoms with Gasteiger partial charge in [0.15, 0.2) is 5.78 Å². The minimum Gasteiger partial charge on any atom is -0.294 e. The first-order valence-corrected chi connectivity index (χ1v) is 9.22. The number of ketones is 1. The van der Waals surface area contributed by atoms with Crippen molar-refractivity contribution in [2.45, 2.75) is 16.6 Å². The summed E-state index contributed by atoms with van der Waals surface area (Å²) in [6.45, 7) is 0. The maximum absolute atomic E-state index is 12.6. The summed E-state index contributed by atoms with van der Waals surface area (Å²) in [4.78, 5) is 13.8. The van der Waals surface area contributed by atoms with Gasteiger partial charge in [0.2, 0.25) is 0 Å². The molecule has 0 bridgehead atoms. The summed E-state index contributed by atoms with van der Waals surface area (Å²) in [6.07, 6.45) is 4.71. The van der Waals surface area contributed by atoms with Gasteiger partial charge in [0.25, 0.3) is 0 Å². The minimum absolute atomic E-state index is 0.0929. The van der Waals surface area contributed by atoms with Crippen molar-refractivity contribution in [3.63, 3.8) is 0 Å². The SMILES string of the molecule is O=C(CC(/C=C/c1ccccc1)Sc1ccccc1)c1ccccc1. The molecule has 1 atom stereocenters. The molecule has 0 fully saturated rings. The van der Waals surface area contributed by atoms with Crippen LogP contribution < -0.4 is 0 Å². The van der Waals surface area contributed by atoms with Crippen LogP contribution in [0, 0.1) is 0 Å². The Morgan fingerprint density at radius 3 is 2.00 bits per heavy atom. The van der Waals surface area contributed by atoms with Gasteiger partial charge in [0, 0.05) is 22.1 Å². The van der Waals surface area contributed by atoms with Gasteiger partial charge in [-0.25, -0.2) is 0 Å². The first-order chi connectivity index (χ1) is 12.3. The molecule has 1 unspecified atom stereocenters. The predicted octanol–water partition coefficient (Wildman–Crippen LogP) is 6.13. The van der Waals surface area contributed by atoms with Crippen LogP contribution in [0.4, 0.5) is 0 Å². The van der Waals surface area contributed by atoms with Crippen molar-refractivity contribution >= 4 is 23.6 Å². The predicted molar refractivity (Wildman–Crippen MR) is 107 cm³/mol. The smallest absolute Gasteiger partial charge is 0.164 e. The summed E-state index contributed by atoms with van der Waals surface area (Å²) in [6, 6.07) is 29.9. The molecular formula is C23H20OS. The van der Waals surface area contributed by atoms with Crippen LogP contribution in [0.1, 0.15) is 22.3 Å². The minimum atomic E-state index is 0.0929. The molecule has 3 aromatic rings. The Balaban J connectivity index is 1.76. The normalized spacial score (nSPS) is 12.2. The van der Waals surface area contributed by atoms with Gasteiger partial charge >= 0.3 is 0 Å². The highest BCUT2D eigenvalue weighted by Gasteiger charge is 2.14. The van der Waals surface area contributed by atoms with Crippen LogP contribution in [0.25, 0.3) is 6.08 Å². The maximum atomic E-state index is 12.6. The van der Waals surface area contributed by atoms with Crippen LogP contribution in [-0.4, -0.2) is 11.0 Å². The second-order valence-electron chi connectivity index (χ2n) is 5.73. The highest BCUT2D eigenvalue weighted by molar-refractivity contribution is 8.00. The van der Waals surface area contributed by atoms with Crippen molar-refractivity contribution in [3.05, 3.63) is 108 Å². The Bertz CT molecular complexity index is 810. The van der Waals surface area contributed by atoms with E-state index in [1.165, 1.54) is 4.90 Å². The molecule has 3 aromatic carbocycles. The maximum Gasteiger partial charge on any atom is 0.164 e. The zero-order valence-corrected chi connectivity index (χ0v) is 14.7. The molecule has 0 amide bonds. The number of hydrogen-bond donors (Lipinski definition) is 0. The zero-order chi connectivity index (χ0) is 17.3. The number of hydrogen-bond acceptors (Lipinski definition) is 2. The van der Waals surface area contributed by atoms with Gasteiger partial charge in [-0.3, -0.25) is 4.79 Å². The molecule has 124 valence electrons. The van der Waals surface area contributed by atoms with E-state index in [4.69, 9.17) is 0 Å². The molecule has 0 radical (unpaired) electrons. The Labute approximate surface area is 153 Å². The lowest BCUT2D eigenvalue weighted by molar-refractivity contribution is 0.0985. The summed E-state index contributed by atoms with van der Waals surface area (Å²) >= 11 is 1.72. The van der Waals surface area contributed by atoms with Crippen LogP contribution in [-0.2, 0) is 0 Å². The third-order valence-corrected chi connectivity index (χ3v) is 4.99. The molecule has 3 rings (SSSR count). The van der Waals surface area contributed by atoms with Gasteiger partial charge in [-0.2, -0.15) is 0 Å². The Hall–Kier alpha value is -2.58. The van der Waals surface area contributed by atoms with E-state index in [1.807, 2.05) is 66.7 Å². The number of benzene rings is 3.